The van der Waals surface area contributed by atoms with E-state index in [9.17, 15) is 0 Å². The zero-order chi connectivity index (χ0) is 11.4. The van der Waals surface area contributed by atoms with Crippen LogP contribution in [0.1, 0.15) is 18.9 Å². The van der Waals surface area contributed by atoms with Gasteiger partial charge in [-0.2, -0.15) is 0 Å². The summed E-state index contributed by atoms with van der Waals surface area (Å²) in [6.45, 7) is 2.11. The predicted octanol–water partition coefficient (Wildman–Crippen LogP) is 4.27. The molecule has 2 heteroatoms. The van der Waals surface area contributed by atoms with E-state index in [1.165, 1.54) is 16.5 Å². The van der Waals surface area contributed by atoms with Crippen molar-refractivity contribution in [3.63, 3.8) is 0 Å². The normalized spacial score (nSPS) is 12.0. The Bertz CT molecular complexity index is 512. The summed E-state index contributed by atoms with van der Waals surface area (Å²) in [6.07, 6.45) is 4.90. The SMILES string of the molecule is C/C(=C/CCCl)c1cccc2cccnc12. The number of alkyl halides is 1. The Morgan fingerprint density at radius 1 is 1.31 bits per heavy atom. The first-order valence-corrected chi connectivity index (χ1v) is 5.93. The van der Waals surface area contributed by atoms with Crippen LogP contribution in [0.25, 0.3) is 16.5 Å². The van der Waals surface area contributed by atoms with E-state index in [4.69, 9.17) is 11.6 Å². The molecule has 0 N–H and O–H groups in total. The van der Waals surface area contributed by atoms with E-state index >= 15 is 0 Å². The van der Waals surface area contributed by atoms with Gasteiger partial charge in [-0.15, -0.1) is 11.6 Å². The van der Waals surface area contributed by atoms with E-state index in [1.807, 2.05) is 12.3 Å². The van der Waals surface area contributed by atoms with Crippen LogP contribution in [0, 0.1) is 0 Å². The Morgan fingerprint density at radius 3 is 2.94 bits per heavy atom. The molecule has 2 rings (SSSR count). The van der Waals surface area contributed by atoms with Crippen molar-refractivity contribution >= 4 is 28.1 Å². The van der Waals surface area contributed by atoms with E-state index in [0.29, 0.717) is 5.88 Å². The lowest BCUT2D eigenvalue weighted by Crippen LogP contribution is -1.86. The van der Waals surface area contributed by atoms with Crippen LogP contribution >= 0.6 is 11.6 Å². The summed E-state index contributed by atoms with van der Waals surface area (Å²) in [4.78, 5) is 4.44. The highest BCUT2D eigenvalue weighted by atomic mass is 35.5. The number of hydrogen-bond donors (Lipinski definition) is 0. The second kappa shape index (κ2) is 5.13. The van der Waals surface area contributed by atoms with Gasteiger partial charge in [-0.25, -0.2) is 0 Å². The van der Waals surface area contributed by atoms with E-state index in [0.717, 1.165) is 11.9 Å². The Hall–Kier alpha value is -1.34. The quantitative estimate of drug-likeness (QED) is 0.719. The van der Waals surface area contributed by atoms with Gasteiger partial charge in [-0.1, -0.05) is 30.3 Å². The van der Waals surface area contributed by atoms with Crippen LogP contribution in [0.3, 0.4) is 0 Å². The number of pyridine rings is 1. The molecule has 16 heavy (non-hydrogen) atoms. The Labute approximate surface area is 101 Å². The fraction of sp³-hybridized carbons (Fsp3) is 0.214. The molecule has 2 aromatic rings. The minimum Gasteiger partial charge on any atom is -0.256 e. The topological polar surface area (TPSA) is 12.9 Å². The van der Waals surface area contributed by atoms with Gasteiger partial charge in [0.1, 0.15) is 0 Å². The van der Waals surface area contributed by atoms with Gasteiger partial charge in [0, 0.05) is 23.0 Å². The molecule has 82 valence electrons. The van der Waals surface area contributed by atoms with Gasteiger partial charge in [0.25, 0.3) is 0 Å². The molecule has 0 unspecified atom stereocenters. The van der Waals surface area contributed by atoms with Gasteiger partial charge < -0.3 is 0 Å². The monoisotopic (exact) mass is 231 g/mol. The van der Waals surface area contributed by atoms with Crippen molar-refractivity contribution in [1.82, 2.24) is 4.98 Å². The minimum atomic E-state index is 0.662. The molecule has 0 aliphatic rings. The highest BCUT2D eigenvalue weighted by Gasteiger charge is 2.02. The number of aromatic nitrogens is 1. The molecule has 0 bridgehead atoms. The average molecular weight is 232 g/mol. The standard InChI is InChI=1S/C14H14ClN/c1-11(5-3-9-15)13-8-2-6-12-7-4-10-16-14(12)13/h2,4-8,10H,3,9H2,1H3/b11-5-. The fourth-order valence-corrected chi connectivity index (χ4v) is 1.91. The maximum Gasteiger partial charge on any atom is 0.0776 e. The van der Waals surface area contributed by atoms with Gasteiger partial charge >= 0.3 is 0 Å². The van der Waals surface area contributed by atoms with E-state index in [-0.39, 0.29) is 0 Å². The van der Waals surface area contributed by atoms with Crippen LogP contribution in [0.15, 0.2) is 42.6 Å². The van der Waals surface area contributed by atoms with Crippen LogP contribution < -0.4 is 0 Å². The maximum atomic E-state index is 5.69. The molecule has 0 amide bonds. The molecule has 0 spiro atoms. The summed E-state index contributed by atoms with van der Waals surface area (Å²) >= 11 is 5.69. The Kier molecular flexibility index (Phi) is 3.58. The summed E-state index contributed by atoms with van der Waals surface area (Å²) in [5.74, 6) is 0.662. The Morgan fingerprint density at radius 2 is 2.12 bits per heavy atom. The third-order valence-electron chi connectivity index (χ3n) is 2.62. The molecular weight excluding hydrogens is 218 g/mol. The van der Waals surface area contributed by atoms with Crippen molar-refractivity contribution in [2.24, 2.45) is 0 Å². The molecule has 0 saturated heterocycles. The number of nitrogens with zero attached hydrogens (tertiary/aromatic N) is 1. The molecular formula is C14H14ClN. The number of halogens is 1. The van der Waals surface area contributed by atoms with E-state index in [1.54, 1.807) is 0 Å². The second-order valence-electron chi connectivity index (χ2n) is 3.75. The molecule has 0 saturated carbocycles. The first-order chi connectivity index (χ1) is 7.83. The zero-order valence-corrected chi connectivity index (χ0v) is 10.0. The van der Waals surface area contributed by atoms with Crippen molar-refractivity contribution in [2.45, 2.75) is 13.3 Å². The summed E-state index contributed by atoms with van der Waals surface area (Å²) in [7, 11) is 0. The van der Waals surface area contributed by atoms with Crippen LogP contribution in [-0.2, 0) is 0 Å². The van der Waals surface area contributed by atoms with Crippen molar-refractivity contribution in [1.29, 1.82) is 0 Å². The number of allylic oxidation sites excluding steroid dienone is 2. The molecule has 0 atom stereocenters. The summed E-state index contributed by atoms with van der Waals surface area (Å²) in [5, 5.41) is 1.18. The van der Waals surface area contributed by atoms with Crippen LogP contribution in [-0.4, -0.2) is 10.9 Å². The number of fused-ring (bicyclic) bond motifs is 1. The molecule has 1 nitrogen and oxygen atoms in total. The molecule has 0 aliphatic carbocycles. The lowest BCUT2D eigenvalue weighted by atomic mass is 10.0. The number of hydrogen-bond acceptors (Lipinski definition) is 1. The predicted molar refractivity (Wildman–Crippen MR) is 70.7 cm³/mol. The summed E-state index contributed by atoms with van der Waals surface area (Å²) in [5.41, 5.74) is 3.50. The minimum absolute atomic E-state index is 0.662. The molecule has 1 heterocycles. The lowest BCUT2D eigenvalue weighted by Gasteiger charge is -2.05. The van der Waals surface area contributed by atoms with Crippen molar-refractivity contribution in [2.75, 3.05) is 5.88 Å². The molecule has 0 aliphatic heterocycles. The number of benzene rings is 1. The van der Waals surface area contributed by atoms with Crippen molar-refractivity contribution in [3.8, 4) is 0 Å². The highest BCUT2D eigenvalue weighted by molar-refractivity contribution is 6.18. The van der Waals surface area contributed by atoms with Crippen LogP contribution in [0.4, 0.5) is 0 Å². The Balaban J connectivity index is 2.52. The first kappa shape index (κ1) is 11.2. The highest BCUT2D eigenvalue weighted by Crippen LogP contribution is 2.23. The van der Waals surface area contributed by atoms with Gasteiger partial charge in [-0.3, -0.25) is 4.98 Å². The average Bonchev–Trinajstić information content (AvgIpc) is 2.35. The van der Waals surface area contributed by atoms with Gasteiger partial charge in [0.2, 0.25) is 0 Å². The van der Waals surface area contributed by atoms with Crippen LogP contribution in [0.2, 0.25) is 0 Å². The number of rotatable bonds is 3. The van der Waals surface area contributed by atoms with Crippen molar-refractivity contribution < 1.29 is 0 Å². The molecule has 1 aromatic carbocycles. The van der Waals surface area contributed by atoms with E-state index in [2.05, 4.69) is 42.2 Å². The smallest absolute Gasteiger partial charge is 0.0776 e. The third-order valence-corrected chi connectivity index (χ3v) is 2.84. The first-order valence-electron chi connectivity index (χ1n) is 5.40. The summed E-state index contributed by atoms with van der Waals surface area (Å²) < 4.78 is 0. The van der Waals surface area contributed by atoms with E-state index < -0.39 is 0 Å². The fourth-order valence-electron chi connectivity index (χ4n) is 1.80. The zero-order valence-electron chi connectivity index (χ0n) is 9.28. The molecule has 1 aromatic heterocycles. The van der Waals surface area contributed by atoms with Gasteiger partial charge in [0.05, 0.1) is 5.52 Å². The maximum absolute atomic E-state index is 5.69. The summed E-state index contributed by atoms with van der Waals surface area (Å²) in [6, 6.07) is 10.3. The number of para-hydroxylation sites is 1. The van der Waals surface area contributed by atoms with Crippen molar-refractivity contribution in [3.05, 3.63) is 48.2 Å². The largest absolute Gasteiger partial charge is 0.256 e. The van der Waals surface area contributed by atoms with Gasteiger partial charge in [-0.05, 0) is 25.0 Å². The molecule has 0 fully saturated rings. The molecule has 0 radical (unpaired) electrons. The van der Waals surface area contributed by atoms with Crippen LogP contribution in [0.5, 0.6) is 0 Å². The second-order valence-corrected chi connectivity index (χ2v) is 4.12. The lowest BCUT2D eigenvalue weighted by molar-refractivity contribution is 1.23. The van der Waals surface area contributed by atoms with Gasteiger partial charge in [0.15, 0.2) is 0 Å². The third kappa shape index (κ3) is 2.25.